The maximum atomic E-state index is 5.71. The number of rotatable bonds is 6. The molecule has 2 heterocycles. The highest BCUT2D eigenvalue weighted by molar-refractivity contribution is 5.21. The van der Waals surface area contributed by atoms with Crippen molar-refractivity contribution in [3.63, 3.8) is 0 Å². The van der Waals surface area contributed by atoms with E-state index in [2.05, 4.69) is 28.3 Å². The topological polar surface area (TPSA) is 41.3 Å². The van der Waals surface area contributed by atoms with Gasteiger partial charge in [0.05, 0.1) is 6.54 Å². The Morgan fingerprint density at radius 1 is 1.26 bits per heavy atom. The molecule has 0 radical (unpaired) electrons. The summed E-state index contributed by atoms with van der Waals surface area (Å²) in [7, 11) is 4.04. The van der Waals surface area contributed by atoms with Gasteiger partial charge < -0.3 is 9.73 Å². The maximum absolute atomic E-state index is 5.71. The number of hydrogen-bond donors (Lipinski definition) is 1. The van der Waals surface area contributed by atoms with Crippen molar-refractivity contribution < 1.29 is 4.42 Å². The maximum Gasteiger partial charge on any atom is 0.118 e. The van der Waals surface area contributed by atoms with Crippen LogP contribution in [0.25, 0.3) is 0 Å². The summed E-state index contributed by atoms with van der Waals surface area (Å²) < 4.78 is 5.71. The second-order valence-electron chi connectivity index (χ2n) is 4.85. The summed E-state index contributed by atoms with van der Waals surface area (Å²) in [5.41, 5.74) is 2.52. The van der Waals surface area contributed by atoms with Crippen molar-refractivity contribution in [3.05, 3.63) is 53.2 Å². The van der Waals surface area contributed by atoms with Gasteiger partial charge in [-0.1, -0.05) is 0 Å². The first-order chi connectivity index (χ1) is 9.19. The van der Waals surface area contributed by atoms with Gasteiger partial charge in [-0.15, -0.1) is 0 Å². The van der Waals surface area contributed by atoms with Crippen LogP contribution in [-0.4, -0.2) is 24.0 Å². The number of aromatic nitrogens is 1. The zero-order valence-corrected chi connectivity index (χ0v) is 11.8. The minimum atomic E-state index is 0.773. The zero-order chi connectivity index (χ0) is 13.7. The number of aryl methyl sites for hydroxylation is 1. The highest BCUT2D eigenvalue weighted by Gasteiger charge is 2.09. The smallest absolute Gasteiger partial charge is 0.118 e. The van der Waals surface area contributed by atoms with Gasteiger partial charge in [-0.25, -0.2) is 0 Å². The Kier molecular flexibility index (Phi) is 4.71. The van der Waals surface area contributed by atoms with E-state index < -0.39 is 0 Å². The van der Waals surface area contributed by atoms with Crippen LogP contribution >= 0.6 is 0 Å². The van der Waals surface area contributed by atoms with E-state index in [-0.39, 0.29) is 0 Å². The van der Waals surface area contributed by atoms with Gasteiger partial charge in [0, 0.05) is 31.0 Å². The molecule has 0 aliphatic rings. The molecule has 0 aliphatic carbocycles. The van der Waals surface area contributed by atoms with Crippen molar-refractivity contribution in [1.82, 2.24) is 15.2 Å². The third-order valence-corrected chi connectivity index (χ3v) is 3.06. The largest absolute Gasteiger partial charge is 0.465 e. The van der Waals surface area contributed by atoms with Gasteiger partial charge in [0.1, 0.15) is 11.5 Å². The first-order valence-electron chi connectivity index (χ1n) is 6.49. The van der Waals surface area contributed by atoms with Gasteiger partial charge in [0.25, 0.3) is 0 Å². The van der Waals surface area contributed by atoms with Gasteiger partial charge in [-0.2, -0.15) is 0 Å². The third-order valence-electron chi connectivity index (χ3n) is 3.06. The summed E-state index contributed by atoms with van der Waals surface area (Å²) in [5.74, 6) is 2.00. The molecule has 2 aromatic heterocycles. The summed E-state index contributed by atoms with van der Waals surface area (Å²) in [4.78, 5) is 6.31. The summed E-state index contributed by atoms with van der Waals surface area (Å²) in [6.07, 6.45) is 3.66. The van der Waals surface area contributed by atoms with Crippen molar-refractivity contribution in [1.29, 1.82) is 0 Å². The van der Waals surface area contributed by atoms with Crippen molar-refractivity contribution in [2.24, 2.45) is 0 Å². The normalized spacial score (nSPS) is 11.2. The lowest BCUT2D eigenvalue weighted by molar-refractivity contribution is 0.316. The molecule has 0 amide bonds. The lowest BCUT2D eigenvalue weighted by atomic mass is 10.2. The molecule has 0 aliphatic heterocycles. The Labute approximate surface area is 114 Å². The van der Waals surface area contributed by atoms with Crippen LogP contribution in [0.1, 0.15) is 22.6 Å². The molecule has 102 valence electrons. The quantitative estimate of drug-likeness (QED) is 0.864. The van der Waals surface area contributed by atoms with Crippen LogP contribution < -0.4 is 5.32 Å². The molecule has 2 aromatic rings. The highest BCUT2D eigenvalue weighted by Crippen LogP contribution is 2.17. The summed E-state index contributed by atoms with van der Waals surface area (Å²) >= 11 is 0. The molecule has 4 nitrogen and oxygen atoms in total. The molecule has 0 unspecified atom stereocenters. The van der Waals surface area contributed by atoms with Crippen molar-refractivity contribution in [2.45, 2.75) is 26.6 Å². The predicted octanol–water partition coefficient (Wildman–Crippen LogP) is 2.33. The fourth-order valence-electron chi connectivity index (χ4n) is 2.15. The standard InChI is InChI=1S/C15H21N3O/c1-12-14(8-15(19-12)9-16-2)11-18(3)10-13-4-6-17-7-5-13/h4-8,16H,9-11H2,1-3H3. The second-order valence-corrected chi connectivity index (χ2v) is 4.85. The van der Waals surface area contributed by atoms with Gasteiger partial charge in [0.2, 0.25) is 0 Å². The lowest BCUT2D eigenvalue weighted by Gasteiger charge is -2.15. The molecule has 0 atom stereocenters. The molecule has 4 heteroatoms. The van der Waals surface area contributed by atoms with Crippen LogP contribution in [-0.2, 0) is 19.6 Å². The first-order valence-corrected chi connectivity index (χ1v) is 6.49. The fraction of sp³-hybridized carbons (Fsp3) is 0.400. The molecule has 0 aromatic carbocycles. The number of hydrogen-bond acceptors (Lipinski definition) is 4. The minimum absolute atomic E-state index is 0.773. The molecule has 0 spiro atoms. The average molecular weight is 259 g/mol. The van der Waals surface area contributed by atoms with Crippen molar-refractivity contribution in [3.8, 4) is 0 Å². The molecule has 0 bridgehead atoms. The van der Waals surface area contributed by atoms with Crippen LogP contribution in [0.15, 0.2) is 35.0 Å². The Morgan fingerprint density at radius 2 is 2.00 bits per heavy atom. The Balaban J connectivity index is 1.96. The van der Waals surface area contributed by atoms with Crippen LogP contribution in [0.4, 0.5) is 0 Å². The average Bonchev–Trinajstić information content (AvgIpc) is 2.71. The van der Waals surface area contributed by atoms with Gasteiger partial charge in [0.15, 0.2) is 0 Å². The zero-order valence-electron chi connectivity index (χ0n) is 11.8. The summed E-state index contributed by atoms with van der Waals surface area (Å²) in [6.45, 7) is 4.60. The van der Waals surface area contributed by atoms with Gasteiger partial charge in [-0.05, 0) is 44.8 Å². The Morgan fingerprint density at radius 3 is 2.68 bits per heavy atom. The highest BCUT2D eigenvalue weighted by atomic mass is 16.3. The monoisotopic (exact) mass is 259 g/mol. The number of furan rings is 1. The summed E-state index contributed by atoms with van der Waals surface area (Å²) in [5, 5.41) is 3.10. The van der Waals surface area contributed by atoms with Crippen LogP contribution in [0.2, 0.25) is 0 Å². The fourth-order valence-corrected chi connectivity index (χ4v) is 2.15. The molecule has 0 saturated heterocycles. The van der Waals surface area contributed by atoms with E-state index in [0.717, 1.165) is 31.2 Å². The molecule has 2 rings (SSSR count). The van der Waals surface area contributed by atoms with E-state index in [1.807, 2.05) is 38.5 Å². The first kappa shape index (κ1) is 13.8. The Bertz CT molecular complexity index is 507. The second kappa shape index (κ2) is 6.50. The van der Waals surface area contributed by atoms with Crippen LogP contribution in [0.3, 0.4) is 0 Å². The predicted molar refractivity (Wildman–Crippen MR) is 75.6 cm³/mol. The number of nitrogens with zero attached hydrogens (tertiary/aromatic N) is 2. The van der Waals surface area contributed by atoms with Gasteiger partial charge >= 0.3 is 0 Å². The van der Waals surface area contributed by atoms with E-state index in [1.54, 1.807) is 0 Å². The minimum Gasteiger partial charge on any atom is -0.465 e. The molecule has 0 fully saturated rings. The molecule has 19 heavy (non-hydrogen) atoms. The van der Waals surface area contributed by atoms with E-state index in [9.17, 15) is 0 Å². The van der Waals surface area contributed by atoms with E-state index in [1.165, 1.54) is 11.1 Å². The number of nitrogens with one attached hydrogen (secondary N) is 1. The molecular weight excluding hydrogens is 238 g/mol. The van der Waals surface area contributed by atoms with Gasteiger partial charge in [-0.3, -0.25) is 9.88 Å². The van der Waals surface area contributed by atoms with E-state index in [0.29, 0.717) is 0 Å². The van der Waals surface area contributed by atoms with E-state index >= 15 is 0 Å². The SMILES string of the molecule is CNCc1cc(CN(C)Cc2ccncc2)c(C)o1. The molecular formula is C15H21N3O. The van der Waals surface area contributed by atoms with Crippen LogP contribution in [0, 0.1) is 6.92 Å². The molecule has 1 N–H and O–H groups in total. The molecule has 0 saturated carbocycles. The lowest BCUT2D eigenvalue weighted by Crippen LogP contribution is -2.17. The Hall–Kier alpha value is -1.65. The van der Waals surface area contributed by atoms with Crippen LogP contribution in [0.5, 0.6) is 0 Å². The summed E-state index contributed by atoms with van der Waals surface area (Å²) in [6, 6.07) is 6.23. The third kappa shape index (κ3) is 3.91. The van der Waals surface area contributed by atoms with Crippen molar-refractivity contribution >= 4 is 0 Å². The number of pyridine rings is 1. The van der Waals surface area contributed by atoms with Crippen molar-refractivity contribution in [2.75, 3.05) is 14.1 Å². The van der Waals surface area contributed by atoms with E-state index in [4.69, 9.17) is 4.42 Å².